The molecule has 1 amide bonds. The molecule has 2 aliphatic rings. The number of carbonyl (C=O) groups excluding carboxylic acids is 1. The van der Waals surface area contributed by atoms with Crippen LogP contribution in [0.4, 0.5) is 0 Å². The van der Waals surface area contributed by atoms with E-state index in [9.17, 15) is 4.79 Å². The van der Waals surface area contributed by atoms with E-state index in [-0.39, 0.29) is 18.3 Å². The van der Waals surface area contributed by atoms with Gasteiger partial charge in [-0.2, -0.15) is 0 Å². The molecule has 2 rings (SSSR count). The normalized spacial score (nSPS) is 26.4. The van der Waals surface area contributed by atoms with E-state index in [0.717, 1.165) is 38.3 Å². The maximum atomic E-state index is 12.8. The molecule has 0 saturated heterocycles. The van der Waals surface area contributed by atoms with Crippen molar-refractivity contribution in [2.45, 2.75) is 64.7 Å². The van der Waals surface area contributed by atoms with Gasteiger partial charge in [-0.05, 0) is 50.5 Å². The smallest absolute Gasteiger partial charge is 0.226 e. The zero-order valence-electron chi connectivity index (χ0n) is 13.6. The number of amides is 1. The Bertz CT molecular complexity index is 305. The molecule has 0 aromatic heterocycles. The highest BCUT2D eigenvalue weighted by atomic mass is 35.5. The molecule has 4 heteroatoms. The molecule has 0 aliphatic heterocycles. The fourth-order valence-corrected chi connectivity index (χ4v) is 4.12. The molecule has 0 heterocycles. The standard InChI is InChI=1S/C17H32N2O.ClH/c1-2-11-19(13-14-7-4-3-5-8-14)17(20)16-10-6-9-15(16)12-18;/h14-16H,2-13,18H2,1H3;1H/t15-,16-;/m1./s1. The van der Waals surface area contributed by atoms with Crippen LogP contribution >= 0.6 is 12.4 Å². The van der Waals surface area contributed by atoms with Crippen molar-refractivity contribution in [2.24, 2.45) is 23.5 Å². The lowest BCUT2D eigenvalue weighted by Crippen LogP contribution is -2.42. The summed E-state index contributed by atoms with van der Waals surface area (Å²) in [5.41, 5.74) is 5.85. The molecule has 0 unspecified atom stereocenters. The Labute approximate surface area is 136 Å². The van der Waals surface area contributed by atoms with E-state index >= 15 is 0 Å². The van der Waals surface area contributed by atoms with E-state index in [1.54, 1.807) is 0 Å². The molecule has 2 saturated carbocycles. The van der Waals surface area contributed by atoms with Crippen molar-refractivity contribution in [3.63, 3.8) is 0 Å². The highest BCUT2D eigenvalue weighted by molar-refractivity contribution is 5.85. The molecule has 0 spiro atoms. The van der Waals surface area contributed by atoms with Crippen LogP contribution in [0.15, 0.2) is 0 Å². The molecule has 0 bridgehead atoms. The van der Waals surface area contributed by atoms with Gasteiger partial charge in [0.25, 0.3) is 0 Å². The molecule has 2 N–H and O–H groups in total. The third-order valence-corrected chi connectivity index (χ3v) is 5.29. The number of halogens is 1. The summed E-state index contributed by atoms with van der Waals surface area (Å²) in [7, 11) is 0. The van der Waals surface area contributed by atoms with Gasteiger partial charge in [-0.25, -0.2) is 0 Å². The second kappa shape index (κ2) is 9.68. The van der Waals surface area contributed by atoms with Gasteiger partial charge in [0.05, 0.1) is 0 Å². The van der Waals surface area contributed by atoms with Gasteiger partial charge in [0.15, 0.2) is 0 Å². The van der Waals surface area contributed by atoms with Crippen LogP contribution in [0.1, 0.15) is 64.7 Å². The van der Waals surface area contributed by atoms with E-state index in [1.165, 1.54) is 38.5 Å². The molecule has 0 radical (unpaired) electrons. The molecule has 2 fully saturated rings. The topological polar surface area (TPSA) is 46.3 Å². The number of hydrogen-bond acceptors (Lipinski definition) is 2. The molecular formula is C17H33ClN2O. The summed E-state index contributed by atoms with van der Waals surface area (Å²) in [5.74, 6) is 1.81. The minimum atomic E-state index is 0. The van der Waals surface area contributed by atoms with Crippen molar-refractivity contribution >= 4 is 18.3 Å². The molecule has 21 heavy (non-hydrogen) atoms. The summed E-state index contributed by atoms with van der Waals surface area (Å²) in [5, 5.41) is 0. The van der Waals surface area contributed by atoms with E-state index in [0.29, 0.717) is 18.4 Å². The largest absolute Gasteiger partial charge is 0.342 e. The van der Waals surface area contributed by atoms with Gasteiger partial charge < -0.3 is 10.6 Å². The van der Waals surface area contributed by atoms with Crippen LogP contribution in [0.5, 0.6) is 0 Å². The van der Waals surface area contributed by atoms with Crippen LogP contribution in [0, 0.1) is 17.8 Å². The van der Waals surface area contributed by atoms with E-state index in [2.05, 4.69) is 11.8 Å². The Balaban J connectivity index is 0.00000220. The predicted molar refractivity (Wildman–Crippen MR) is 90.6 cm³/mol. The van der Waals surface area contributed by atoms with Crippen molar-refractivity contribution in [1.82, 2.24) is 4.90 Å². The molecule has 2 aliphatic carbocycles. The van der Waals surface area contributed by atoms with E-state index in [1.807, 2.05) is 0 Å². The van der Waals surface area contributed by atoms with E-state index < -0.39 is 0 Å². The van der Waals surface area contributed by atoms with E-state index in [4.69, 9.17) is 5.73 Å². The average Bonchev–Trinajstić information content (AvgIpc) is 2.95. The zero-order chi connectivity index (χ0) is 14.4. The third-order valence-electron chi connectivity index (χ3n) is 5.29. The third kappa shape index (κ3) is 5.14. The fourth-order valence-electron chi connectivity index (χ4n) is 4.12. The first-order chi connectivity index (χ1) is 9.76. The Kier molecular flexibility index (Phi) is 8.65. The second-order valence-corrected chi connectivity index (χ2v) is 6.82. The molecule has 0 aromatic carbocycles. The van der Waals surface area contributed by atoms with Crippen molar-refractivity contribution in [3.05, 3.63) is 0 Å². The first-order valence-corrected chi connectivity index (χ1v) is 8.75. The highest BCUT2D eigenvalue weighted by Crippen LogP contribution is 2.33. The van der Waals surface area contributed by atoms with Gasteiger partial charge >= 0.3 is 0 Å². The van der Waals surface area contributed by atoms with Crippen LogP contribution in [-0.4, -0.2) is 30.4 Å². The molecule has 124 valence electrons. The molecule has 3 nitrogen and oxygen atoms in total. The lowest BCUT2D eigenvalue weighted by molar-refractivity contribution is -0.137. The summed E-state index contributed by atoms with van der Waals surface area (Å²) in [6.07, 6.45) is 11.2. The highest BCUT2D eigenvalue weighted by Gasteiger charge is 2.35. The Morgan fingerprint density at radius 1 is 1.10 bits per heavy atom. The Morgan fingerprint density at radius 3 is 2.43 bits per heavy atom. The van der Waals surface area contributed by atoms with Crippen molar-refractivity contribution in [1.29, 1.82) is 0 Å². The van der Waals surface area contributed by atoms with Crippen LogP contribution < -0.4 is 5.73 Å². The van der Waals surface area contributed by atoms with Gasteiger partial charge in [0.1, 0.15) is 0 Å². The van der Waals surface area contributed by atoms with Crippen molar-refractivity contribution in [2.75, 3.05) is 19.6 Å². The zero-order valence-corrected chi connectivity index (χ0v) is 14.4. The quantitative estimate of drug-likeness (QED) is 0.813. The van der Waals surface area contributed by atoms with Gasteiger partial charge in [-0.15, -0.1) is 12.4 Å². The average molecular weight is 317 g/mol. The Hall–Kier alpha value is -0.280. The second-order valence-electron chi connectivity index (χ2n) is 6.82. The van der Waals surface area contributed by atoms with Crippen LogP contribution in [0.2, 0.25) is 0 Å². The number of rotatable bonds is 6. The van der Waals surface area contributed by atoms with Gasteiger partial charge in [-0.1, -0.05) is 32.6 Å². The van der Waals surface area contributed by atoms with Crippen LogP contribution in [0.3, 0.4) is 0 Å². The maximum absolute atomic E-state index is 12.8. The number of nitrogens with two attached hydrogens (primary N) is 1. The molecule has 0 aromatic rings. The van der Waals surface area contributed by atoms with Crippen LogP contribution in [0.25, 0.3) is 0 Å². The summed E-state index contributed by atoms with van der Waals surface area (Å²) in [6.45, 7) is 4.79. The van der Waals surface area contributed by atoms with Gasteiger partial charge in [0.2, 0.25) is 5.91 Å². The number of carbonyl (C=O) groups is 1. The van der Waals surface area contributed by atoms with Crippen LogP contribution in [-0.2, 0) is 4.79 Å². The maximum Gasteiger partial charge on any atom is 0.226 e. The summed E-state index contributed by atoms with van der Waals surface area (Å²) in [6, 6.07) is 0. The van der Waals surface area contributed by atoms with Gasteiger partial charge in [-0.3, -0.25) is 4.79 Å². The first kappa shape index (κ1) is 18.8. The number of nitrogens with zero attached hydrogens (tertiary/aromatic N) is 1. The van der Waals surface area contributed by atoms with Gasteiger partial charge in [0, 0.05) is 19.0 Å². The van der Waals surface area contributed by atoms with Crippen molar-refractivity contribution in [3.8, 4) is 0 Å². The summed E-state index contributed by atoms with van der Waals surface area (Å²) < 4.78 is 0. The lowest BCUT2D eigenvalue weighted by Gasteiger charge is -2.32. The minimum absolute atomic E-state index is 0. The lowest BCUT2D eigenvalue weighted by atomic mass is 9.88. The van der Waals surface area contributed by atoms with Crippen molar-refractivity contribution < 1.29 is 4.79 Å². The predicted octanol–water partition coefficient (Wildman–Crippen LogP) is 3.60. The SMILES string of the molecule is CCCN(CC1CCCCC1)C(=O)[C@@H]1CCC[C@@H]1CN.Cl. The monoisotopic (exact) mass is 316 g/mol. The minimum Gasteiger partial charge on any atom is -0.342 e. The summed E-state index contributed by atoms with van der Waals surface area (Å²) >= 11 is 0. The molecule has 2 atom stereocenters. The number of hydrogen-bond donors (Lipinski definition) is 1. The first-order valence-electron chi connectivity index (χ1n) is 8.75. The fraction of sp³-hybridized carbons (Fsp3) is 0.941. The summed E-state index contributed by atoms with van der Waals surface area (Å²) in [4.78, 5) is 15.0. The Morgan fingerprint density at radius 2 is 1.81 bits per heavy atom. The molecular weight excluding hydrogens is 284 g/mol.